The maximum Gasteiger partial charge on any atom is 0.341 e. The lowest BCUT2D eigenvalue weighted by Gasteiger charge is -2.19. The number of nitrogens with one attached hydrogen (secondary N) is 1. The van der Waals surface area contributed by atoms with Gasteiger partial charge in [0.1, 0.15) is 11.0 Å². The number of halogens is 1. The maximum atomic E-state index is 14.0. The van der Waals surface area contributed by atoms with Crippen molar-refractivity contribution in [2.45, 2.75) is 13.8 Å². The average molecular weight is 499 g/mol. The summed E-state index contributed by atoms with van der Waals surface area (Å²) in [5, 5.41) is 3.95. The highest BCUT2D eigenvalue weighted by Crippen LogP contribution is 2.25. The Morgan fingerprint density at radius 3 is 1.92 bits per heavy atom. The number of fused-ring (bicyclic) bond motifs is 1. The van der Waals surface area contributed by atoms with Gasteiger partial charge in [-0.3, -0.25) is 14.2 Å². The van der Waals surface area contributed by atoms with Crippen LogP contribution < -0.4 is 22.1 Å². The van der Waals surface area contributed by atoms with Gasteiger partial charge in [-0.1, -0.05) is 35.9 Å². The fourth-order valence-electron chi connectivity index (χ4n) is 4.33. The highest BCUT2D eigenvalue weighted by atomic mass is 35.5. The van der Waals surface area contributed by atoms with Gasteiger partial charge in [-0.2, -0.15) is 0 Å². The number of nitrogens with zero attached hydrogens (tertiary/aromatic N) is 3. The van der Waals surface area contributed by atoms with E-state index < -0.39 is 11.2 Å². The van der Waals surface area contributed by atoms with Gasteiger partial charge >= 0.3 is 5.69 Å². The van der Waals surface area contributed by atoms with E-state index in [-0.39, 0.29) is 16.6 Å². The van der Waals surface area contributed by atoms with Crippen molar-refractivity contribution in [2.75, 3.05) is 5.32 Å². The molecule has 0 unspecified atom stereocenters. The molecule has 0 aliphatic rings. The summed E-state index contributed by atoms with van der Waals surface area (Å²) >= 11 is 6.03. The third-order valence-corrected chi connectivity index (χ3v) is 6.32. The molecule has 1 N–H and O–H groups in total. The van der Waals surface area contributed by atoms with Crippen molar-refractivity contribution in [1.29, 1.82) is 0 Å². The Balaban J connectivity index is 1.96. The molecular weight excluding hydrogens is 476 g/mol. The highest BCUT2D eigenvalue weighted by molar-refractivity contribution is 6.30. The first-order chi connectivity index (χ1) is 17.2. The van der Waals surface area contributed by atoms with Crippen LogP contribution in [0.5, 0.6) is 0 Å². The summed E-state index contributed by atoms with van der Waals surface area (Å²) in [6.45, 7) is 3.81. The number of hydrogen-bond acceptors (Lipinski definition) is 4. The third kappa shape index (κ3) is 4.03. The predicted molar refractivity (Wildman–Crippen MR) is 145 cm³/mol. The van der Waals surface area contributed by atoms with Crippen LogP contribution in [0.3, 0.4) is 0 Å². The Morgan fingerprint density at radius 1 is 0.750 bits per heavy atom. The van der Waals surface area contributed by atoms with Crippen LogP contribution in [0.2, 0.25) is 5.02 Å². The van der Waals surface area contributed by atoms with Gasteiger partial charge in [0, 0.05) is 23.8 Å². The predicted octanol–water partition coefficient (Wildman–Crippen LogP) is 4.85. The fourth-order valence-corrected chi connectivity index (χ4v) is 4.45. The van der Waals surface area contributed by atoms with Crippen molar-refractivity contribution < 1.29 is 0 Å². The zero-order valence-electron chi connectivity index (χ0n) is 19.9. The Labute approximate surface area is 211 Å². The van der Waals surface area contributed by atoms with E-state index in [0.29, 0.717) is 27.8 Å². The van der Waals surface area contributed by atoms with Crippen LogP contribution in [0, 0.1) is 13.8 Å². The smallest absolute Gasteiger partial charge is 0.341 e. The van der Waals surface area contributed by atoms with Crippen LogP contribution >= 0.6 is 11.6 Å². The Morgan fingerprint density at radius 2 is 1.33 bits per heavy atom. The van der Waals surface area contributed by atoms with Gasteiger partial charge in [-0.15, -0.1) is 0 Å². The van der Waals surface area contributed by atoms with Gasteiger partial charge in [0.15, 0.2) is 0 Å². The second kappa shape index (κ2) is 9.02. The molecule has 0 atom stereocenters. The molecule has 0 fully saturated rings. The zero-order chi connectivity index (χ0) is 25.6. The van der Waals surface area contributed by atoms with Crippen LogP contribution in [0.4, 0.5) is 11.4 Å². The maximum absolute atomic E-state index is 14.0. The molecule has 5 aromatic rings. The van der Waals surface area contributed by atoms with Gasteiger partial charge in [0.2, 0.25) is 0 Å². The van der Waals surface area contributed by atoms with E-state index in [4.69, 9.17) is 11.6 Å². The standard InChI is InChI=1S/C28H23ClN4O3/c1-17-6-4-8-21(14-17)32-26-25(27(35)33(28(32)36)22-9-5-7-18(2)15-22)23(16-24(34)31(26)3)30-20-12-10-19(29)11-13-20/h4-16,30H,1-3H3. The van der Waals surface area contributed by atoms with Crippen LogP contribution in [0.25, 0.3) is 22.4 Å². The Bertz CT molecular complexity index is 1820. The van der Waals surface area contributed by atoms with E-state index in [1.54, 1.807) is 55.6 Å². The van der Waals surface area contributed by atoms with E-state index >= 15 is 0 Å². The summed E-state index contributed by atoms with van der Waals surface area (Å²) in [7, 11) is 1.55. The molecule has 0 saturated heterocycles. The van der Waals surface area contributed by atoms with Gasteiger partial charge in [0.05, 0.1) is 17.1 Å². The molecule has 180 valence electrons. The minimum atomic E-state index is -0.567. The molecule has 0 saturated carbocycles. The third-order valence-electron chi connectivity index (χ3n) is 6.06. The number of rotatable bonds is 4. The lowest BCUT2D eigenvalue weighted by molar-refractivity contribution is 0.783. The molecule has 8 heteroatoms. The second-order valence-corrected chi connectivity index (χ2v) is 9.16. The van der Waals surface area contributed by atoms with Gasteiger partial charge in [-0.05, 0) is 73.5 Å². The fraction of sp³-hybridized carbons (Fsp3) is 0.107. The number of hydrogen-bond donors (Lipinski definition) is 1. The quantitative estimate of drug-likeness (QED) is 0.384. The molecule has 5 rings (SSSR count). The van der Waals surface area contributed by atoms with Gasteiger partial charge in [0.25, 0.3) is 11.1 Å². The van der Waals surface area contributed by atoms with Crippen molar-refractivity contribution in [2.24, 2.45) is 7.05 Å². The molecule has 0 radical (unpaired) electrons. The highest BCUT2D eigenvalue weighted by Gasteiger charge is 2.22. The molecule has 0 bridgehead atoms. The number of aromatic nitrogens is 3. The van der Waals surface area contributed by atoms with E-state index in [2.05, 4.69) is 5.32 Å². The lowest BCUT2D eigenvalue weighted by atomic mass is 10.2. The molecule has 7 nitrogen and oxygen atoms in total. The summed E-state index contributed by atoms with van der Waals surface area (Å²) in [4.78, 5) is 41.0. The first kappa shape index (κ1) is 23.4. The van der Waals surface area contributed by atoms with Crippen molar-refractivity contribution in [3.05, 3.63) is 126 Å². The largest absolute Gasteiger partial charge is 0.355 e. The number of benzene rings is 3. The number of aryl methyl sites for hydroxylation is 3. The first-order valence-corrected chi connectivity index (χ1v) is 11.7. The van der Waals surface area contributed by atoms with Crippen molar-refractivity contribution in [1.82, 2.24) is 13.7 Å². The molecule has 2 heterocycles. The van der Waals surface area contributed by atoms with Crippen LogP contribution in [0.1, 0.15) is 11.1 Å². The average Bonchev–Trinajstić information content (AvgIpc) is 2.83. The minimum absolute atomic E-state index is 0.198. The van der Waals surface area contributed by atoms with Crippen LogP contribution in [0.15, 0.2) is 93.2 Å². The minimum Gasteiger partial charge on any atom is -0.355 e. The molecule has 3 aromatic carbocycles. The van der Waals surface area contributed by atoms with E-state index in [0.717, 1.165) is 15.7 Å². The lowest BCUT2D eigenvalue weighted by Crippen LogP contribution is -2.40. The molecule has 36 heavy (non-hydrogen) atoms. The van der Waals surface area contributed by atoms with Crippen LogP contribution in [-0.4, -0.2) is 13.7 Å². The summed E-state index contributed by atoms with van der Waals surface area (Å²) in [6.07, 6.45) is 0. The summed E-state index contributed by atoms with van der Waals surface area (Å²) < 4.78 is 3.89. The van der Waals surface area contributed by atoms with E-state index in [1.165, 1.54) is 15.2 Å². The van der Waals surface area contributed by atoms with Crippen LogP contribution in [-0.2, 0) is 7.05 Å². The van der Waals surface area contributed by atoms with E-state index in [9.17, 15) is 14.4 Å². The molecule has 0 spiro atoms. The van der Waals surface area contributed by atoms with Gasteiger partial charge in [-0.25, -0.2) is 13.9 Å². The van der Waals surface area contributed by atoms with E-state index in [1.807, 2.05) is 38.1 Å². The van der Waals surface area contributed by atoms with Crippen molar-refractivity contribution >= 4 is 34.0 Å². The zero-order valence-corrected chi connectivity index (χ0v) is 20.7. The molecule has 0 aliphatic carbocycles. The summed E-state index contributed by atoms with van der Waals surface area (Å²) in [5.41, 5.74) is 2.49. The number of pyridine rings is 1. The normalized spacial score (nSPS) is 11.1. The molecule has 0 aliphatic heterocycles. The first-order valence-electron chi connectivity index (χ1n) is 11.3. The monoisotopic (exact) mass is 498 g/mol. The van der Waals surface area contributed by atoms with Crippen molar-refractivity contribution in [3.8, 4) is 11.4 Å². The summed E-state index contributed by atoms with van der Waals surface area (Å²) in [5.74, 6) is 0. The van der Waals surface area contributed by atoms with Gasteiger partial charge < -0.3 is 5.32 Å². The Kier molecular flexibility index (Phi) is 5.86. The van der Waals surface area contributed by atoms with Crippen molar-refractivity contribution in [3.63, 3.8) is 0 Å². The topological polar surface area (TPSA) is 78.0 Å². The molecular formula is C28H23ClN4O3. The molecule has 2 aromatic heterocycles. The molecule has 0 amide bonds. The SMILES string of the molecule is Cc1cccc(-n2c(=O)c3c(Nc4ccc(Cl)cc4)cc(=O)n(C)c3n(-c3cccc(C)c3)c2=O)c1. The second-order valence-electron chi connectivity index (χ2n) is 8.72. The number of anilines is 2. The summed E-state index contributed by atoms with van der Waals surface area (Å²) in [6, 6.07) is 22.8. The Hall–Kier alpha value is -4.36.